The van der Waals surface area contributed by atoms with Crippen LogP contribution < -0.4 is 0 Å². The van der Waals surface area contributed by atoms with E-state index in [-0.39, 0.29) is 11.9 Å². The van der Waals surface area contributed by atoms with Crippen LogP contribution in [-0.2, 0) is 6.54 Å². The molecule has 0 bridgehead atoms. The summed E-state index contributed by atoms with van der Waals surface area (Å²) in [6.07, 6.45) is 1.59. The van der Waals surface area contributed by atoms with Crippen LogP contribution >= 0.6 is 0 Å². The molecule has 0 radical (unpaired) electrons. The van der Waals surface area contributed by atoms with Crippen molar-refractivity contribution in [1.82, 2.24) is 4.90 Å². The van der Waals surface area contributed by atoms with Crippen molar-refractivity contribution in [3.63, 3.8) is 0 Å². The normalized spacial score (nSPS) is 18.0. The zero-order valence-electron chi connectivity index (χ0n) is 10.8. The van der Waals surface area contributed by atoms with Gasteiger partial charge in [-0.15, -0.1) is 0 Å². The fourth-order valence-corrected chi connectivity index (χ4v) is 2.70. The average molecular weight is 259 g/mol. The SMILES string of the molecule is OC1CCN(Cc2ccc3cc(F)ccc3c2)CC1. The fourth-order valence-electron chi connectivity index (χ4n) is 2.70. The van der Waals surface area contributed by atoms with Crippen LogP contribution in [0.3, 0.4) is 0 Å². The van der Waals surface area contributed by atoms with Gasteiger partial charge < -0.3 is 5.11 Å². The molecule has 3 rings (SSSR count). The van der Waals surface area contributed by atoms with Crippen molar-refractivity contribution < 1.29 is 9.50 Å². The van der Waals surface area contributed by atoms with Gasteiger partial charge in [-0.1, -0.05) is 18.2 Å². The zero-order valence-corrected chi connectivity index (χ0v) is 10.8. The third-order valence-electron chi connectivity index (χ3n) is 3.83. The van der Waals surface area contributed by atoms with Crippen molar-refractivity contribution in [2.75, 3.05) is 13.1 Å². The first-order valence-electron chi connectivity index (χ1n) is 6.79. The summed E-state index contributed by atoms with van der Waals surface area (Å²) in [6.45, 7) is 2.80. The number of rotatable bonds is 2. The van der Waals surface area contributed by atoms with Crippen molar-refractivity contribution in [3.05, 3.63) is 47.8 Å². The van der Waals surface area contributed by atoms with Gasteiger partial charge in [0.2, 0.25) is 0 Å². The van der Waals surface area contributed by atoms with Gasteiger partial charge in [0.25, 0.3) is 0 Å². The first kappa shape index (κ1) is 12.6. The summed E-state index contributed by atoms with van der Waals surface area (Å²) < 4.78 is 13.1. The second-order valence-corrected chi connectivity index (χ2v) is 5.33. The van der Waals surface area contributed by atoms with Gasteiger partial charge in [-0.3, -0.25) is 4.90 Å². The number of benzene rings is 2. The molecule has 19 heavy (non-hydrogen) atoms. The number of aliphatic hydroxyl groups excluding tert-OH is 1. The van der Waals surface area contributed by atoms with E-state index in [9.17, 15) is 9.50 Å². The third-order valence-corrected chi connectivity index (χ3v) is 3.83. The van der Waals surface area contributed by atoms with E-state index in [1.165, 1.54) is 11.6 Å². The van der Waals surface area contributed by atoms with Crippen molar-refractivity contribution in [3.8, 4) is 0 Å². The monoisotopic (exact) mass is 259 g/mol. The molecule has 0 amide bonds. The second kappa shape index (κ2) is 5.27. The number of likely N-dealkylation sites (tertiary alicyclic amines) is 1. The number of fused-ring (bicyclic) bond motifs is 1. The van der Waals surface area contributed by atoms with Crippen LogP contribution in [0.1, 0.15) is 18.4 Å². The summed E-state index contributed by atoms with van der Waals surface area (Å²) in [5.74, 6) is -0.190. The van der Waals surface area contributed by atoms with Gasteiger partial charge in [0.15, 0.2) is 0 Å². The van der Waals surface area contributed by atoms with E-state index in [4.69, 9.17) is 0 Å². The number of hydrogen-bond acceptors (Lipinski definition) is 2. The Morgan fingerprint density at radius 2 is 1.74 bits per heavy atom. The number of nitrogens with zero attached hydrogens (tertiary/aromatic N) is 1. The minimum absolute atomic E-state index is 0.129. The maximum atomic E-state index is 13.1. The Hall–Kier alpha value is -1.45. The van der Waals surface area contributed by atoms with E-state index in [0.29, 0.717) is 0 Å². The molecule has 0 saturated carbocycles. The van der Waals surface area contributed by atoms with Crippen molar-refractivity contribution >= 4 is 10.8 Å². The molecule has 1 fully saturated rings. The predicted molar refractivity (Wildman–Crippen MR) is 74.4 cm³/mol. The lowest BCUT2D eigenvalue weighted by Gasteiger charge is -2.29. The van der Waals surface area contributed by atoms with Crippen LogP contribution in [0.4, 0.5) is 4.39 Å². The van der Waals surface area contributed by atoms with Crippen LogP contribution in [0.5, 0.6) is 0 Å². The van der Waals surface area contributed by atoms with E-state index in [2.05, 4.69) is 17.0 Å². The Balaban J connectivity index is 1.76. The maximum Gasteiger partial charge on any atom is 0.123 e. The molecule has 2 aromatic rings. The summed E-state index contributed by atoms with van der Waals surface area (Å²) in [6, 6.07) is 11.1. The van der Waals surface area contributed by atoms with E-state index in [1.54, 1.807) is 6.07 Å². The molecule has 0 unspecified atom stereocenters. The van der Waals surface area contributed by atoms with Gasteiger partial charge in [-0.2, -0.15) is 0 Å². The van der Waals surface area contributed by atoms with Crippen molar-refractivity contribution in [1.29, 1.82) is 0 Å². The van der Waals surface area contributed by atoms with Crippen LogP contribution in [0, 0.1) is 5.82 Å². The molecule has 2 nitrogen and oxygen atoms in total. The molecule has 0 aliphatic carbocycles. The molecule has 0 atom stereocenters. The highest BCUT2D eigenvalue weighted by Crippen LogP contribution is 2.20. The second-order valence-electron chi connectivity index (χ2n) is 5.33. The van der Waals surface area contributed by atoms with Crippen LogP contribution in [-0.4, -0.2) is 29.2 Å². The average Bonchev–Trinajstić information content (AvgIpc) is 2.42. The highest BCUT2D eigenvalue weighted by atomic mass is 19.1. The predicted octanol–water partition coefficient (Wildman–Crippen LogP) is 2.94. The van der Waals surface area contributed by atoms with E-state index in [0.717, 1.165) is 43.2 Å². The lowest BCUT2D eigenvalue weighted by atomic mass is 10.0. The summed E-state index contributed by atoms with van der Waals surface area (Å²) >= 11 is 0. The minimum atomic E-state index is -0.190. The van der Waals surface area contributed by atoms with E-state index >= 15 is 0 Å². The summed E-state index contributed by atoms with van der Waals surface area (Å²) in [5.41, 5.74) is 1.25. The largest absolute Gasteiger partial charge is 0.393 e. The summed E-state index contributed by atoms with van der Waals surface area (Å²) in [5, 5.41) is 11.5. The van der Waals surface area contributed by atoms with Crippen LogP contribution in [0.25, 0.3) is 10.8 Å². The van der Waals surface area contributed by atoms with E-state index < -0.39 is 0 Å². The molecule has 1 aliphatic rings. The standard InChI is InChI=1S/C16H18FNO/c17-15-4-3-13-9-12(1-2-14(13)10-15)11-18-7-5-16(19)6-8-18/h1-4,9-10,16,19H,5-8,11H2. The smallest absolute Gasteiger partial charge is 0.123 e. The number of piperidine rings is 1. The highest BCUT2D eigenvalue weighted by Gasteiger charge is 2.16. The Morgan fingerprint density at radius 3 is 2.53 bits per heavy atom. The van der Waals surface area contributed by atoms with Gasteiger partial charge in [0.05, 0.1) is 6.10 Å². The molecule has 1 aliphatic heterocycles. The Kier molecular flexibility index (Phi) is 3.49. The van der Waals surface area contributed by atoms with Gasteiger partial charge in [0, 0.05) is 19.6 Å². The molecule has 3 heteroatoms. The number of halogens is 1. The first-order valence-corrected chi connectivity index (χ1v) is 6.79. The number of hydrogen-bond donors (Lipinski definition) is 1. The zero-order chi connectivity index (χ0) is 13.2. The fraction of sp³-hybridized carbons (Fsp3) is 0.375. The minimum Gasteiger partial charge on any atom is -0.393 e. The van der Waals surface area contributed by atoms with Crippen molar-refractivity contribution in [2.24, 2.45) is 0 Å². The van der Waals surface area contributed by atoms with Crippen molar-refractivity contribution in [2.45, 2.75) is 25.5 Å². The molecule has 1 N–H and O–H groups in total. The highest BCUT2D eigenvalue weighted by molar-refractivity contribution is 5.83. The van der Waals surface area contributed by atoms with Gasteiger partial charge in [0.1, 0.15) is 5.82 Å². The molecule has 1 heterocycles. The summed E-state index contributed by atoms with van der Waals surface area (Å²) in [4.78, 5) is 2.36. The molecule has 0 aromatic heterocycles. The summed E-state index contributed by atoms with van der Waals surface area (Å²) in [7, 11) is 0. The topological polar surface area (TPSA) is 23.5 Å². The molecule has 2 aromatic carbocycles. The third kappa shape index (κ3) is 2.94. The van der Waals surface area contributed by atoms with Gasteiger partial charge in [-0.05, 0) is 47.4 Å². The Bertz CT molecular complexity index is 576. The molecule has 1 saturated heterocycles. The van der Waals surface area contributed by atoms with E-state index in [1.807, 2.05) is 12.1 Å². The lowest BCUT2D eigenvalue weighted by Crippen LogP contribution is -2.35. The molecular weight excluding hydrogens is 241 g/mol. The quantitative estimate of drug-likeness (QED) is 0.896. The van der Waals surface area contributed by atoms with Gasteiger partial charge in [-0.25, -0.2) is 4.39 Å². The van der Waals surface area contributed by atoms with Crippen LogP contribution in [0.15, 0.2) is 36.4 Å². The van der Waals surface area contributed by atoms with Gasteiger partial charge >= 0.3 is 0 Å². The first-order chi connectivity index (χ1) is 9.20. The number of aliphatic hydroxyl groups is 1. The molecular formula is C16H18FNO. The Morgan fingerprint density at radius 1 is 1.05 bits per heavy atom. The maximum absolute atomic E-state index is 13.1. The lowest BCUT2D eigenvalue weighted by molar-refractivity contribution is 0.0792. The molecule has 0 spiro atoms. The van der Waals surface area contributed by atoms with Crippen LogP contribution in [0.2, 0.25) is 0 Å². The Labute approximate surface area is 112 Å². The molecule has 100 valence electrons.